The van der Waals surface area contributed by atoms with E-state index in [1.54, 1.807) is 6.07 Å². The highest BCUT2D eigenvalue weighted by atomic mass is 19.1. The van der Waals surface area contributed by atoms with Gasteiger partial charge >= 0.3 is 0 Å². The minimum Gasteiger partial charge on any atom is -0.464 e. The zero-order valence-corrected chi connectivity index (χ0v) is 5.75. The fourth-order valence-corrected chi connectivity index (χ4v) is 0.586. The third-order valence-electron chi connectivity index (χ3n) is 0.993. The van der Waals surface area contributed by atoms with E-state index in [-0.39, 0.29) is 12.5 Å². The Hall–Kier alpha value is -1.56. The van der Waals surface area contributed by atoms with Crippen LogP contribution in [0.5, 0.6) is 5.88 Å². The lowest BCUT2D eigenvalue weighted by atomic mass is 10.5. The fourth-order valence-electron chi connectivity index (χ4n) is 0.586. The lowest BCUT2D eigenvalue weighted by Gasteiger charge is -1.98. The molecule has 0 amide bonds. The first kappa shape index (κ1) is 7.55. The number of pyridine rings is 1. The molecule has 1 heterocycles. The molecule has 0 fully saturated rings. The summed E-state index contributed by atoms with van der Waals surface area (Å²) in [5, 5.41) is 0. The second-order valence-corrected chi connectivity index (χ2v) is 1.79. The van der Waals surface area contributed by atoms with Gasteiger partial charge in [-0.05, 0) is 6.07 Å². The molecule has 0 atom stereocenters. The summed E-state index contributed by atoms with van der Waals surface area (Å²) in [5.74, 6) is 1.89. The average Bonchev–Trinajstić information content (AvgIpc) is 2.01. The van der Waals surface area contributed by atoms with Crippen LogP contribution in [0.2, 0.25) is 0 Å². The predicted octanol–water partition coefficient (Wildman–Crippen LogP) is 1.23. The van der Waals surface area contributed by atoms with Gasteiger partial charge in [0.05, 0.1) is 0 Å². The number of terminal acetylenes is 1. The Bertz CT molecular complexity index is 280. The highest BCUT2D eigenvalue weighted by molar-refractivity contribution is 5.11. The summed E-state index contributed by atoms with van der Waals surface area (Å²) >= 11 is 0. The van der Waals surface area contributed by atoms with Gasteiger partial charge in [0.25, 0.3) is 0 Å². The number of hydrogen-bond donors (Lipinski definition) is 0. The monoisotopic (exact) mass is 151 g/mol. The van der Waals surface area contributed by atoms with E-state index in [2.05, 4.69) is 10.9 Å². The second-order valence-electron chi connectivity index (χ2n) is 1.79. The number of hydrogen-bond acceptors (Lipinski definition) is 2. The second kappa shape index (κ2) is 3.57. The SMILES string of the molecule is C#CCOc1cccc(F)n1. The molecule has 0 bridgehead atoms. The number of ether oxygens (including phenoxy) is 1. The summed E-state index contributed by atoms with van der Waals surface area (Å²) in [5.41, 5.74) is 0. The van der Waals surface area contributed by atoms with Crippen LogP contribution in [-0.2, 0) is 0 Å². The Morgan fingerprint density at radius 1 is 1.64 bits per heavy atom. The summed E-state index contributed by atoms with van der Waals surface area (Å²) in [6.07, 6.45) is 4.92. The minimum atomic E-state index is -0.570. The molecule has 0 radical (unpaired) electrons. The van der Waals surface area contributed by atoms with E-state index in [4.69, 9.17) is 11.2 Å². The molecule has 3 heteroatoms. The first-order chi connectivity index (χ1) is 5.33. The number of halogens is 1. The summed E-state index contributed by atoms with van der Waals surface area (Å²) in [4.78, 5) is 3.43. The van der Waals surface area contributed by atoms with Crippen molar-refractivity contribution in [3.05, 3.63) is 24.1 Å². The summed E-state index contributed by atoms with van der Waals surface area (Å²) in [6.45, 7) is 0.108. The molecule has 0 N–H and O–H groups in total. The first-order valence-corrected chi connectivity index (χ1v) is 3.02. The van der Waals surface area contributed by atoms with E-state index in [0.717, 1.165) is 0 Å². The van der Waals surface area contributed by atoms with Crippen molar-refractivity contribution < 1.29 is 9.13 Å². The molecular formula is C8H6FNO. The molecule has 2 nitrogen and oxygen atoms in total. The smallest absolute Gasteiger partial charge is 0.216 e. The standard InChI is InChI=1S/C8H6FNO/c1-2-6-11-8-5-3-4-7(9)10-8/h1,3-5H,6H2. The van der Waals surface area contributed by atoms with Crippen LogP contribution in [0.15, 0.2) is 18.2 Å². The molecule has 0 saturated heterocycles. The highest BCUT2D eigenvalue weighted by Gasteiger charge is 1.94. The Balaban J connectivity index is 2.65. The maximum atomic E-state index is 12.4. The molecule has 0 aliphatic carbocycles. The third-order valence-corrected chi connectivity index (χ3v) is 0.993. The van der Waals surface area contributed by atoms with E-state index in [9.17, 15) is 4.39 Å². The molecule has 0 aliphatic rings. The van der Waals surface area contributed by atoms with Crippen molar-refractivity contribution in [3.63, 3.8) is 0 Å². The lowest BCUT2D eigenvalue weighted by Crippen LogP contribution is -1.96. The van der Waals surface area contributed by atoms with E-state index < -0.39 is 5.95 Å². The summed E-state index contributed by atoms with van der Waals surface area (Å²) < 4.78 is 17.2. The van der Waals surface area contributed by atoms with Gasteiger partial charge in [0.2, 0.25) is 11.8 Å². The predicted molar refractivity (Wildman–Crippen MR) is 38.5 cm³/mol. The Labute approximate surface area is 64.0 Å². The van der Waals surface area contributed by atoms with Crippen LogP contribution < -0.4 is 4.74 Å². The molecule has 0 saturated carbocycles. The molecule has 0 aromatic carbocycles. The van der Waals surface area contributed by atoms with E-state index >= 15 is 0 Å². The molecular weight excluding hydrogens is 145 g/mol. The van der Waals surface area contributed by atoms with Crippen molar-refractivity contribution in [2.45, 2.75) is 0 Å². The van der Waals surface area contributed by atoms with Gasteiger partial charge in [0, 0.05) is 6.07 Å². The average molecular weight is 151 g/mol. The van der Waals surface area contributed by atoms with Crippen LogP contribution in [0.3, 0.4) is 0 Å². The number of rotatable bonds is 2. The summed E-state index contributed by atoms with van der Waals surface area (Å²) in [7, 11) is 0. The van der Waals surface area contributed by atoms with Crippen LogP contribution in [0.1, 0.15) is 0 Å². The zero-order chi connectivity index (χ0) is 8.10. The number of nitrogens with zero attached hydrogens (tertiary/aromatic N) is 1. The van der Waals surface area contributed by atoms with E-state index in [1.165, 1.54) is 12.1 Å². The van der Waals surface area contributed by atoms with Crippen LogP contribution in [0.25, 0.3) is 0 Å². The van der Waals surface area contributed by atoms with Crippen LogP contribution in [0.4, 0.5) is 4.39 Å². The van der Waals surface area contributed by atoms with E-state index in [0.29, 0.717) is 0 Å². The fraction of sp³-hybridized carbons (Fsp3) is 0.125. The molecule has 0 spiro atoms. The van der Waals surface area contributed by atoms with Gasteiger partial charge in [-0.25, -0.2) is 0 Å². The molecule has 56 valence electrons. The maximum absolute atomic E-state index is 12.4. The molecule has 1 aromatic rings. The first-order valence-electron chi connectivity index (χ1n) is 3.02. The molecule has 1 rings (SSSR count). The number of aromatic nitrogens is 1. The summed E-state index contributed by atoms with van der Waals surface area (Å²) in [6, 6.07) is 4.29. The van der Waals surface area contributed by atoms with Crippen LogP contribution in [0, 0.1) is 18.3 Å². The highest BCUT2D eigenvalue weighted by Crippen LogP contribution is 2.05. The van der Waals surface area contributed by atoms with Crippen molar-refractivity contribution >= 4 is 0 Å². The maximum Gasteiger partial charge on any atom is 0.216 e. The normalized spacial score (nSPS) is 8.73. The van der Waals surface area contributed by atoms with Crippen molar-refractivity contribution in [3.8, 4) is 18.2 Å². The van der Waals surface area contributed by atoms with Gasteiger partial charge in [0.1, 0.15) is 0 Å². The Morgan fingerprint density at radius 2 is 2.45 bits per heavy atom. The quantitative estimate of drug-likeness (QED) is 0.468. The topological polar surface area (TPSA) is 22.1 Å². The molecule has 0 aliphatic heterocycles. The molecule has 1 aromatic heterocycles. The van der Waals surface area contributed by atoms with Gasteiger partial charge in [-0.3, -0.25) is 0 Å². The van der Waals surface area contributed by atoms with Crippen molar-refractivity contribution in [1.29, 1.82) is 0 Å². The van der Waals surface area contributed by atoms with Crippen LogP contribution in [-0.4, -0.2) is 11.6 Å². The lowest BCUT2D eigenvalue weighted by molar-refractivity contribution is 0.348. The minimum absolute atomic E-state index is 0.108. The van der Waals surface area contributed by atoms with Crippen LogP contribution >= 0.6 is 0 Å². The van der Waals surface area contributed by atoms with Crippen molar-refractivity contribution in [1.82, 2.24) is 4.98 Å². The van der Waals surface area contributed by atoms with Crippen molar-refractivity contribution in [2.75, 3.05) is 6.61 Å². The van der Waals surface area contributed by atoms with Gasteiger partial charge in [-0.1, -0.05) is 12.0 Å². The Morgan fingerprint density at radius 3 is 3.09 bits per heavy atom. The van der Waals surface area contributed by atoms with Gasteiger partial charge in [-0.15, -0.1) is 6.42 Å². The van der Waals surface area contributed by atoms with Gasteiger partial charge in [0.15, 0.2) is 6.61 Å². The third kappa shape index (κ3) is 2.26. The zero-order valence-electron chi connectivity index (χ0n) is 5.75. The van der Waals surface area contributed by atoms with Gasteiger partial charge < -0.3 is 4.74 Å². The Kier molecular flexibility index (Phi) is 2.45. The molecule has 0 unspecified atom stereocenters. The largest absolute Gasteiger partial charge is 0.464 e. The van der Waals surface area contributed by atoms with E-state index in [1.807, 2.05) is 0 Å². The molecule has 11 heavy (non-hydrogen) atoms. The van der Waals surface area contributed by atoms with Gasteiger partial charge in [-0.2, -0.15) is 9.37 Å². The van der Waals surface area contributed by atoms with Crippen molar-refractivity contribution in [2.24, 2.45) is 0 Å².